The summed E-state index contributed by atoms with van der Waals surface area (Å²) in [7, 11) is 0. The van der Waals surface area contributed by atoms with Crippen LogP contribution in [0.4, 0.5) is 11.6 Å². The molecule has 0 aromatic carbocycles. The van der Waals surface area contributed by atoms with E-state index in [0.29, 0.717) is 11.7 Å². The number of nitrogen functional groups attached to an aromatic ring is 1. The highest BCUT2D eigenvalue weighted by Crippen LogP contribution is 2.29. The minimum atomic E-state index is 0.336. The molecule has 4 N–H and O–H groups in total. The van der Waals surface area contributed by atoms with Crippen molar-refractivity contribution in [3.05, 3.63) is 11.9 Å². The minimum absolute atomic E-state index is 0.336. The van der Waals surface area contributed by atoms with Gasteiger partial charge in [-0.05, 0) is 24.7 Å². The Balaban J connectivity index is 2.10. The van der Waals surface area contributed by atoms with Gasteiger partial charge in [0.1, 0.15) is 18.0 Å². The molecule has 1 aliphatic rings. The Morgan fingerprint density at radius 3 is 2.56 bits per heavy atom. The van der Waals surface area contributed by atoms with Gasteiger partial charge in [0.05, 0.1) is 0 Å². The van der Waals surface area contributed by atoms with Gasteiger partial charge in [0.2, 0.25) is 0 Å². The van der Waals surface area contributed by atoms with Gasteiger partial charge >= 0.3 is 0 Å². The number of rotatable bonds is 5. The molecule has 5 heteroatoms. The number of nitrogens with one attached hydrogen (secondary N) is 2. The normalized spacial score (nSPS) is 16.2. The Bertz CT molecular complexity index is 385. The Morgan fingerprint density at radius 1 is 1.28 bits per heavy atom. The number of nitrogens with two attached hydrogens (primary N) is 1. The fourth-order valence-corrected chi connectivity index (χ4v) is 2.65. The van der Waals surface area contributed by atoms with E-state index in [9.17, 15) is 0 Å². The SMILES string of the molecule is CC(C)c1c(NN)ncnc1NCC1CCCC1. The van der Waals surface area contributed by atoms with Crippen molar-refractivity contribution >= 4 is 11.6 Å². The lowest BCUT2D eigenvalue weighted by molar-refractivity contribution is 0.578. The van der Waals surface area contributed by atoms with E-state index >= 15 is 0 Å². The topological polar surface area (TPSA) is 75.9 Å². The molecule has 2 rings (SSSR count). The Kier molecular flexibility index (Phi) is 4.36. The third kappa shape index (κ3) is 2.90. The number of anilines is 2. The maximum atomic E-state index is 5.51. The van der Waals surface area contributed by atoms with E-state index in [1.54, 1.807) is 6.33 Å². The summed E-state index contributed by atoms with van der Waals surface area (Å²) < 4.78 is 0. The fourth-order valence-electron chi connectivity index (χ4n) is 2.65. The summed E-state index contributed by atoms with van der Waals surface area (Å²) >= 11 is 0. The molecule has 1 aromatic heterocycles. The third-order valence-corrected chi connectivity index (χ3v) is 3.63. The maximum absolute atomic E-state index is 5.51. The summed E-state index contributed by atoms with van der Waals surface area (Å²) in [6.45, 7) is 5.25. The van der Waals surface area contributed by atoms with E-state index in [4.69, 9.17) is 5.84 Å². The van der Waals surface area contributed by atoms with E-state index < -0.39 is 0 Å². The summed E-state index contributed by atoms with van der Waals surface area (Å²) in [6, 6.07) is 0. The van der Waals surface area contributed by atoms with Gasteiger partial charge < -0.3 is 10.7 Å². The maximum Gasteiger partial charge on any atom is 0.148 e. The monoisotopic (exact) mass is 249 g/mol. The predicted molar refractivity (Wildman–Crippen MR) is 74.4 cm³/mol. The highest BCUT2D eigenvalue weighted by atomic mass is 15.3. The van der Waals surface area contributed by atoms with Crippen molar-refractivity contribution in [1.29, 1.82) is 0 Å². The zero-order valence-electron chi connectivity index (χ0n) is 11.2. The smallest absolute Gasteiger partial charge is 0.148 e. The Morgan fingerprint density at radius 2 is 1.94 bits per heavy atom. The average molecular weight is 249 g/mol. The Labute approximate surface area is 109 Å². The fraction of sp³-hybridized carbons (Fsp3) is 0.692. The molecule has 0 saturated heterocycles. The molecule has 0 aliphatic heterocycles. The molecule has 1 saturated carbocycles. The quantitative estimate of drug-likeness (QED) is 0.552. The van der Waals surface area contributed by atoms with Crippen LogP contribution in [-0.2, 0) is 0 Å². The first-order valence-corrected chi connectivity index (χ1v) is 6.77. The second-order valence-corrected chi connectivity index (χ2v) is 5.31. The van der Waals surface area contributed by atoms with Crippen LogP contribution in [0.15, 0.2) is 6.33 Å². The van der Waals surface area contributed by atoms with Gasteiger partial charge in [-0.2, -0.15) is 0 Å². The Hall–Kier alpha value is -1.36. The summed E-state index contributed by atoms with van der Waals surface area (Å²) in [4.78, 5) is 8.52. The number of aromatic nitrogens is 2. The van der Waals surface area contributed by atoms with Gasteiger partial charge in [-0.3, -0.25) is 0 Å². The van der Waals surface area contributed by atoms with Crippen molar-refractivity contribution in [2.75, 3.05) is 17.3 Å². The molecule has 1 aromatic rings. The lowest BCUT2D eigenvalue weighted by atomic mass is 10.0. The standard InChI is InChI=1S/C13H23N5/c1-9(2)11-12(16-8-17-13(11)18-14)15-7-10-5-3-4-6-10/h8-10H,3-7,14H2,1-2H3,(H2,15,16,17,18). The van der Waals surface area contributed by atoms with E-state index in [1.807, 2.05) is 0 Å². The molecule has 0 radical (unpaired) electrons. The van der Waals surface area contributed by atoms with Crippen LogP contribution in [0.2, 0.25) is 0 Å². The molecule has 0 spiro atoms. The van der Waals surface area contributed by atoms with Crippen molar-refractivity contribution in [3.8, 4) is 0 Å². The molecule has 0 amide bonds. The van der Waals surface area contributed by atoms with Crippen LogP contribution < -0.4 is 16.6 Å². The van der Waals surface area contributed by atoms with Gasteiger partial charge in [-0.25, -0.2) is 15.8 Å². The first-order valence-electron chi connectivity index (χ1n) is 6.77. The van der Waals surface area contributed by atoms with Crippen molar-refractivity contribution in [2.45, 2.75) is 45.4 Å². The highest BCUT2D eigenvalue weighted by molar-refractivity contribution is 5.58. The van der Waals surface area contributed by atoms with Crippen LogP contribution in [-0.4, -0.2) is 16.5 Å². The molecule has 0 unspecified atom stereocenters. The zero-order chi connectivity index (χ0) is 13.0. The van der Waals surface area contributed by atoms with E-state index in [2.05, 4.69) is 34.6 Å². The third-order valence-electron chi connectivity index (χ3n) is 3.63. The van der Waals surface area contributed by atoms with Gasteiger partial charge in [0.15, 0.2) is 0 Å². The zero-order valence-corrected chi connectivity index (χ0v) is 11.2. The van der Waals surface area contributed by atoms with Crippen LogP contribution in [0.1, 0.15) is 51.0 Å². The molecule has 1 aliphatic carbocycles. The number of hydrazine groups is 1. The first-order chi connectivity index (χ1) is 8.72. The van der Waals surface area contributed by atoms with E-state index in [-0.39, 0.29) is 0 Å². The van der Waals surface area contributed by atoms with Crippen molar-refractivity contribution in [2.24, 2.45) is 11.8 Å². The molecule has 1 fully saturated rings. The highest BCUT2D eigenvalue weighted by Gasteiger charge is 2.18. The van der Waals surface area contributed by atoms with Crippen LogP contribution in [0.5, 0.6) is 0 Å². The average Bonchev–Trinajstić information content (AvgIpc) is 2.88. The van der Waals surface area contributed by atoms with Gasteiger partial charge in [-0.1, -0.05) is 26.7 Å². The molecular weight excluding hydrogens is 226 g/mol. The first kappa shape index (κ1) is 13.1. The van der Waals surface area contributed by atoms with Crippen LogP contribution >= 0.6 is 0 Å². The predicted octanol–water partition coefficient (Wildman–Crippen LogP) is 2.49. The summed E-state index contributed by atoms with van der Waals surface area (Å²) in [5, 5.41) is 3.46. The molecule has 100 valence electrons. The van der Waals surface area contributed by atoms with Crippen molar-refractivity contribution < 1.29 is 0 Å². The van der Waals surface area contributed by atoms with Crippen LogP contribution in [0, 0.1) is 5.92 Å². The summed E-state index contributed by atoms with van der Waals surface area (Å²) in [5.41, 5.74) is 3.72. The van der Waals surface area contributed by atoms with Crippen molar-refractivity contribution in [3.63, 3.8) is 0 Å². The number of hydrogen-bond donors (Lipinski definition) is 3. The summed E-state index contributed by atoms with van der Waals surface area (Å²) in [5.74, 6) is 8.26. The van der Waals surface area contributed by atoms with E-state index in [0.717, 1.165) is 23.8 Å². The molecular formula is C13H23N5. The second kappa shape index (κ2) is 6.00. The lowest BCUT2D eigenvalue weighted by Gasteiger charge is -2.18. The van der Waals surface area contributed by atoms with E-state index in [1.165, 1.54) is 25.7 Å². The molecule has 1 heterocycles. The number of nitrogens with zero attached hydrogens (tertiary/aromatic N) is 2. The van der Waals surface area contributed by atoms with Gasteiger partial charge in [0.25, 0.3) is 0 Å². The molecule has 5 nitrogen and oxygen atoms in total. The molecule has 18 heavy (non-hydrogen) atoms. The van der Waals surface area contributed by atoms with Crippen LogP contribution in [0.3, 0.4) is 0 Å². The second-order valence-electron chi connectivity index (χ2n) is 5.31. The van der Waals surface area contributed by atoms with Gasteiger partial charge in [0, 0.05) is 12.1 Å². The van der Waals surface area contributed by atoms with Crippen molar-refractivity contribution in [1.82, 2.24) is 9.97 Å². The molecule has 0 bridgehead atoms. The number of hydrogen-bond acceptors (Lipinski definition) is 5. The molecule has 0 atom stereocenters. The minimum Gasteiger partial charge on any atom is -0.369 e. The lowest BCUT2D eigenvalue weighted by Crippen LogP contribution is -2.17. The largest absolute Gasteiger partial charge is 0.369 e. The van der Waals surface area contributed by atoms with Crippen LogP contribution in [0.25, 0.3) is 0 Å². The van der Waals surface area contributed by atoms with Gasteiger partial charge in [-0.15, -0.1) is 0 Å². The summed E-state index contributed by atoms with van der Waals surface area (Å²) in [6.07, 6.45) is 6.94.